The first-order chi connectivity index (χ1) is 14.1. The molecule has 0 spiro atoms. The Hall–Kier alpha value is -0.283. The van der Waals surface area contributed by atoms with Gasteiger partial charge in [-0.25, -0.2) is 6.21 Å². The van der Waals surface area contributed by atoms with E-state index < -0.39 is 0 Å². The molecule has 30 heavy (non-hydrogen) atoms. The van der Waals surface area contributed by atoms with Crippen molar-refractivity contribution in [2.45, 2.75) is 52.5 Å². The third-order valence-electron chi connectivity index (χ3n) is 6.23. The summed E-state index contributed by atoms with van der Waals surface area (Å²) in [5.74, 6) is 1.66. The van der Waals surface area contributed by atoms with Crippen molar-refractivity contribution in [1.29, 1.82) is 0 Å². The average molecular weight is 512 g/mol. The fourth-order valence-corrected chi connectivity index (χ4v) is 7.64. The van der Waals surface area contributed by atoms with Gasteiger partial charge in [0.25, 0.3) is 0 Å². The average Bonchev–Trinajstić information content (AvgIpc) is 3.42. The molecule has 2 aliphatic heterocycles. The van der Waals surface area contributed by atoms with E-state index in [-0.39, 0.29) is 51.3 Å². The largest absolute Gasteiger partial charge is 1.00 e. The summed E-state index contributed by atoms with van der Waals surface area (Å²) in [7, 11) is 0. The van der Waals surface area contributed by atoms with Crippen LogP contribution < -0.4 is 18.9 Å². The number of hydrogen-bond acceptors (Lipinski definition) is 2. The smallest absolute Gasteiger partial charge is 0.816 e. The van der Waals surface area contributed by atoms with Crippen molar-refractivity contribution in [3.63, 3.8) is 0 Å². The molecule has 2 fully saturated rings. The number of ketones is 1. The van der Waals surface area contributed by atoms with Crippen molar-refractivity contribution < 1.29 is 23.7 Å². The first-order valence-corrected chi connectivity index (χ1v) is 13.3. The quantitative estimate of drug-likeness (QED) is 0.264. The summed E-state index contributed by atoms with van der Waals surface area (Å²) in [5.41, 5.74) is 1.36. The van der Waals surface area contributed by atoms with Crippen molar-refractivity contribution in [1.82, 2.24) is 4.90 Å². The molecule has 5 heteroatoms. The van der Waals surface area contributed by atoms with Crippen LogP contribution in [0.25, 0.3) is 5.41 Å². The van der Waals surface area contributed by atoms with Gasteiger partial charge in [0.15, 0.2) is 0 Å². The predicted molar refractivity (Wildman–Crippen MR) is 132 cm³/mol. The minimum absolute atomic E-state index is 0. The fraction of sp³-hybridized carbons (Fsp3) is 0.560. The van der Waals surface area contributed by atoms with Gasteiger partial charge in [-0.3, -0.25) is 9.33 Å². The van der Waals surface area contributed by atoms with Gasteiger partial charge in [0, 0.05) is 32.0 Å². The van der Waals surface area contributed by atoms with E-state index in [0.29, 0.717) is 24.2 Å². The summed E-state index contributed by atoms with van der Waals surface area (Å²) in [6.45, 7) is 7.80. The second-order valence-corrected chi connectivity index (χ2v) is 11.5. The van der Waals surface area contributed by atoms with Crippen molar-refractivity contribution in [2.75, 3.05) is 13.1 Å². The van der Waals surface area contributed by atoms with Gasteiger partial charge in [0.2, 0.25) is 0 Å². The maximum Gasteiger partial charge on any atom is 1.00 e. The first kappa shape index (κ1) is 26.0. The van der Waals surface area contributed by atoms with Crippen LogP contribution in [-0.2, 0) is 11.3 Å². The van der Waals surface area contributed by atoms with Crippen LogP contribution in [0.1, 0.15) is 51.5 Å². The molecular weight excluding hydrogens is 478 g/mol. The maximum atomic E-state index is 12.2. The third kappa shape index (κ3) is 7.40. The summed E-state index contributed by atoms with van der Waals surface area (Å²) in [6.07, 6.45) is 9.65. The predicted octanol–water partition coefficient (Wildman–Crippen LogP) is 2.69. The molecule has 0 aromatic heterocycles. The number of rotatable bonds is 5. The minimum atomic E-state index is -0.319. The molecule has 1 saturated carbocycles. The molecule has 0 bridgehead atoms. The molecule has 4 rings (SSSR count). The Balaban J connectivity index is 0.000000468. The molecule has 1 aromatic rings. The van der Waals surface area contributed by atoms with Gasteiger partial charge in [-0.05, 0) is 17.4 Å². The zero-order valence-corrected chi connectivity index (χ0v) is 20.9. The molecule has 2 heterocycles. The van der Waals surface area contributed by atoms with E-state index in [1.54, 1.807) is 0 Å². The van der Waals surface area contributed by atoms with Crippen molar-refractivity contribution in [2.24, 2.45) is 23.7 Å². The molecule has 160 valence electrons. The Morgan fingerprint density at radius 1 is 1.20 bits per heavy atom. The molecule has 1 saturated heterocycles. The van der Waals surface area contributed by atoms with Gasteiger partial charge >= 0.3 is 18.9 Å². The van der Waals surface area contributed by atoms with E-state index in [0.717, 1.165) is 25.8 Å². The molecule has 0 amide bonds. The number of carbonyl (C=O) groups is 1. The van der Waals surface area contributed by atoms with Gasteiger partial charge in [-0.2, -0.15) is 12.8 Å². The standard InChI is InChI=1S/C20H25IN2O.C5H9.Li/c1-14(2)17-12-23(11-15-6-4-3-5-7-15)13-18(17)19-8-20(24)16(10-22)9-21-19;1-2-4-5-3-1;/h3-7,9-10,14,16-18H,8,11-13H2,1-2H3;1H,2-5H2;/q-2;-1;+1/t16?,17-,18+;;/m0../s1. The van der Waals surface area contributed by atoms with E-state index in [2.05, 4.69) is 59.9 Å². The maximum absolute atomic E-state index is 12.2. The van der Waals surface area contributed by atoms with Gasteiger partial charge in [0.1, 0.15) is 5.78 Å². The summed E-state index contributed by atoms with van der Waals surface area (Å²) in [5, 5.41) is 9.18. The zero-order chi connectivity index (χ0) is 20.6. The second kappa shape index (κ2) is 13.3. The summed E-state index contributed by atoms with van der Waals surface area (Å²) in [6, 6.07) is 10.6. The van der Waals surface area contributed by atoms with E-state index >= 15 is 0 Å². The molecule has 3 atom stereocenters. The van der Waals surface area contributed by atoms with Crippen LogP contribution in [-0.4, -0.2) is 33.5 Å². The van der Waals surface area contributed by atoms with Crippen LogP contribution in [0.2, 0.25) is 0 Å². The summed E-state index contributed by atoms with van der Waals surface area (Å²) >= 11 is -0.218. The number of carbonyl (C=O) groups excluding carboxylic acids is 1. The molecule has 3 nitrogen and oxygen atoms in total. The van der Waals surface area contributed by atoms with E-state index in [1.165, 1.54) is 34.8 Å². The topological polar surface area (TPSA) is 42.6 Å². The van der Waals surface area contributed by atoms with Crippen LogP contribution in [0.5, 0.6) is 0 Å². The molecule has 0 radical (unpaired) electrons. The van der Waals surface area contributed by atoms with Crippen molar-refractivity contribution >= 4 is 36.2 Å². The number of nitrogens with zero attached hydrogens (tertiary/aromatic N) is 2. The Bertz CT molecular complexity index is 695. The van der Waals surface area contributed by atoms with Crippen LogP contribution in [0.3, 0.4) is 0 Å². The van der Waals surface area contributed by atoms with Gasteiger partial charge in [-0.15, -0.1) is 5.92 Å². The molecule has 1 aliphatic carbocycles. The Morgan fingerprint density at radius 2 is 1.90 bits per heavy atom. The van der Waals surface area contributed by atoms with Crippen LogP contribution in [0.4, 0.5) is 0 Å². The fourth-order valence-electron chi connectivity index (χ4n) is 4.48. The van der Waals surface area contributed by atoms with Crippen LogP contribution in [0, 0.1) is 34.5 Å². The zero-order valence-electron chi connectivity index (χ0n) is 18.8. The molecule has 1 unspecified atom stereocenters. The number of likely N-dealkylation sites (tertiary alicyclic amines) is 1. The normalized spacial score (nSPS) is 26.8. The van der Waals surface area contributed by atoms with Gasteiger partial charge < -0.3 is 37.4 Å². The van der Waals surface area contributed by atoms with Gasteiger partial charge in [0.05, 0.1) is 0 Å². The molecule has 3 aliphatic rings. The summed E-state index contributed by atoms with van der Waals surface area (Å²) in [4.78, 5) is 14.8. The Kier molecular flexibility index (Phi) is 11.5. The number of Topliss-reactive ketones (excluding diaryl/α,β-unsaturated/α-hetero) is 1. The summed E-state index contributed by atoms with van der Waals surface area (Å²) < 4.78 is 3.56. The minimum Gasteiger partial charge on any atom is -0.816 e. The van der Waals surface area contributed by atoms with Crippen LogP contribution in [0.15, 0.2) is 30.3 Å². The number of halogens is 1. The monoisotopic (exact) mass is 512 g/mol. The van der Waals surface area contributed by atoms with Gasteiger partial charge in [-0.1, -0.05) is 60.5 Å². The molecular formula is C25H34ILiN2O-2. The third-order valence-corrected chi connectivity index (χ3v) is 9.34. The van der Waals surface area contributed by atoms with E-state index in [4.69, 9.17) is 0 Å². The Labute approximate surface area is 205 Å². The molecule has 1 aromatic carbocycles. The molecule has 0 N–H and O–H groups in total. The Morgan fingerprint density at radius 3 is 2.43 bits per heavy atom. The number of hydrogen-bond donors (Lipinski definition) is 0. The van der Waals surface area contributed by atoms with Crippen LogP contribution >= 0.6 is 20.7 Å². The van der Waals surface area contributed by atoms with Crippen molar-refractivity contribution in [3.8, 4) is 0 Å². The first-order valence-electron chi connectivity index (χ1n) is 11.0. The van der Waals surface area contributed by atoms with E-state index in [9.17, 15) is 10.2 Å². The van der Waals surface area contributed by atoms with E-state index in [1.807, 2.05) is 0 Å². The second-order valence-electron chi connectivity index (χ2n) is 8.77. The SMILES string of the molecule is CC(C)[C@@H]1CN(Cc2ccccc2)C[C@H]1C1=I[CH-]C(C=[N-])C(=O)C1.[CH-]1CCCC1.[Li+]. The van der Waals surface area contributed by atoms with Crippen molar-refractivity contribution in [3.05, 3.63) is 52.2 Å². The number of benzene rings is 1.